The summed E-state index contributed by atoms with van der Waals surface area (Å²) in [5.74, 6) is 1.35. The standard InChI is InChI=1S/C26H27N5O2S/c1-18(25(32)27-20-12-16-23(33-4)17-13-20)34-26-29-28-24(31(26)22-8-6-5-7-9-22)19-10-14-21(15-11-19)30(2)3/h5-18H,1-4H3,(H,27,32). The highest BCUT2D eigenvalue weighted by Gasteiger charge is 2.22. The smallest absolute Gasteiger partial charge is 0.237 e. The highest BCUT2D eigenvalue weighted by atomic mass is 32.2. The van der Waals surface area contributed by atoms with E-state index in [9.17, 15) is 4.79 Å². The van der Waals surface area contributed by atoms with E-state index in [0.717, 1.165) is 28.5 Å². The lowest BCUT2D eigenvalue weighted by atomic mass is 10.2. The second-order valence-corrected chi connectivity index (χ2v) is 9.20. The summed E-state index contributed by atoms with van der Waals surface area (Å²) in [6.45, 7) is 1.86. The molecule has 1 amide bonds. The Kier molecular flexibility index (Phi) is 7.18. The molecule has 0 aliphatic rings. The van der Waals surface area contributed by atoms with Crippen LogP contribution in [0.15, 0.2) is 84.0 Å². The molecule has 0 saturated heterocycles. The van der Waals surface area contributed by atoms with Crippen LogP contribution in [0.1, 0.15) is 6.92 Å². The number of methoxy groups -OCH3 is 1. The molecule has 34 heavy (non-hydrogen) atoms. The van der Waals surface area contributed by atoms with Crippen molar-refractivity contribution in [3.63, 3.8) is 0 Å². The van der Waals surface area contributed by atoms with Gasteiger partial charge in [0.05, 0.1) is 12.4 Å². The van der Waals surface area contributed by atoms with Gasteiger partial charge in [0.2, 0.25) is 5.91 Å². The number of carbonyl (C=O) groups excluding carboxylic acids is 1. The van der Waals surface area contributed by atoms with Gasteiger partial charge in [-0.25, -0.2) is 0 Å². The first-order valence-electron chi connectivity index (χ1n) is 10.9. The number of nitrogens with zero attached hydrogens (tertiary/aromatic N) is 4. The molecule has 1 heterocycles. The summed E-state index contributed by atoms with van der Waals surface area (Å²) in [6.07, 6.45) is 0. The van der Waals surface area contributed by atoms with Crippen molar-refractivity contribution in [1.29, 1.82) is 0 Å². The number of thioether (sulfide) groups is 1. The van der Waals surface area contributed by atoms with Gasteiger partial charge in [-0.05, 0) is 67.6 Å². The molecule has 0 fully saturated rings. The van der Waals surface area contributed by atoms with Crippen LogP contribution in [0.4, 0.5) is 11.4 Å². The summed E-state index contributed by atoms with van der Waals surface area (Å²) in [4.78, 5) is 14.9. The lowest BCUT2D eigenvalue weighted by molar-refractivity contribution is -0.115. The fourth-order valence-corrected chi connectivity index (χ4v) is 4.25. The van der Waals surface area contributed by atoms with E-state index >= 15 is 0 Å². The molecule has 4 aromatic rings. The molecule has 4 rings (SSSR count). The van der Waals surface area contributed by atoms with Crippen LogP contribution in [0.5, 0.6) is 5.75 Å². The van der Waals surface area contributed by atoms with Crippen molar-refractivity contribution in [1.82, 2.24) is 14.8 Å². The van der Waals surface area contributed by atoms with Gasteiger partial charge in [0.25, 0.3) is 0 Å². The summed E-state index contributed by atoms with van der Waals surface area (Å²) in [5.41, 5.74) is 3.70. The molecule has 0 bridgehead atoms. The van der Waals surface area contributed by atoms with Crippen LogP contribution in [-0.4, -0.2) is 47.1 Å². The van der Waals surface area contributed by atoms with Crippen LogP contribution in [0.3, 0.4) is 0 Å². The molecule has 0 radical (unpaired) electrons. The topological polar surface area (TPSA) is 72.3 Å². The monoisotopic (exact) mass is 473 g/mol. The molecule has 0 saturated carbocycles. The van der Waals surface area contributed by atoms with E-state index < -0.39 is 5.25 Å². The lowest BCUT2D eigenvalue weighted by Crippen LogP contribution is -2.22. The maximum atomic E-state index is 12.9. The van der Waals surface area contributed by atoms with E-state index in [1.54, 1.807) is 7.11 Å². The van der Waals surface area contributed by atoms with Crippen molar-refractivity contribution in [2.24, 2.45) is 0 Å². The van der Waals surface area contributed by atoms with Crippen molar-refractivity contribution < 1.29 is 9.53 Å². The molecule has 1 unspecified atom stereocenters. The van der Waals surface area contributed by atoms with E-state index in [1.807, 2.05) is 92.3 Å². The number of hydrogen-bond donors (Lipinski definition) is 1. The molecule has 1 atom stereocenters. The number of carbonyl (C=O) groups is 1. The maximum absolute atomic E-state index is 12.9. The number of aromatic nitrogens is 3. The Hall–Kier alpha value is -3.78. The molecule has 1 aromatic heterocycles. The van der Waals surface area contributed by atoms with E-state index in [0.29, 0.717) is 10.8 Å². The second kappa shape index (κ2) is 10.4. The number of benzene rings is 3. The Morgan fingerprint density at radius 2 is 1.65 bits per heavy atom. The van der Waals surface area contributed by atoms with Crippen LogP contribution in [0.25, 0.3) is 17.1 Å². The lowest BCUT2D eigenvalue weighted by Gasteiger charge is -2.15. The van der Waals surface area contributed by atoms with Crippen LogP contribution < -0.4 is 15.0 Å². The number of nitrogens with one attached hydrogen (secondary N) is 1. The quantitative estimate of drug-likeness (QED) is 0.358. The normalized spacial score (nSPS) is 11.6. The van der Waals surface area contributed by atoms with Crippen molar-refractivity contribution in [2.75, 3.05) is 31.4 Å². The van der Waals surface area contributed by atoms with Gasteiger partial charge in [-0.2, -0.15) is 0 Å². The molecule has 0 aliphatic heterocycles. The third-order valence-corrected chi connectivity index (χ3v) is 6.34. The van der Waals surface area contributed by atoms with Crippen molar-refractivity contribution in [3.05, 3.63) is 78.9 Å². The zero-order valence-electron chi connectivity index (χ0n) is 19.6. The number of hydrogen-bond acceptors (Lipinski definition) is 6. The SMILES string of the molecule is COc1ccc(NC(=O)C(C)Sc2nnc(-c3ccc(N(C)C)cc3)n2-c2ccccc2)cc1. The van der Waals surface area contributed by atoms with E-state index in [2.05, 4.69) is 32.5 Å². The first-order chi connectivity index (χ1) is 16.5. The highest BCUT2D eigenvalue weighted by Crippen LogP contribution is 2.31. The molecule has 174 valence electrons. The van der Waals surface area contributed by atoms with Gasteiger partial charge >= 0.3 is 0 Å². The minimum absolute atomic E-state index is 0.116. The predicted molar refractivity (Wildman–Crippen MR) is 138 cm³/mol. The first-order valence-corrected chi connectivity index (χ1v) is 11.7. The molecule has 3 aromatic carbocycles. The predicted octanol–water partition coefficient (Wildman–Crippen LogP) is 5.13. The molecule has 1 N–H and O–H groups in total. The van der Waals surface area contributed by atoms with Gasteiger partial charge in [-0.15, -0.1) is 10.2 Å². The van der Waals surface area contributed by atoms with Gasteiger partial charge in [0.15, 0.2) is 11.0 Å². The second-order valence-electron chi connectivity index (χ2n) is 7.90. The van der Waals surface area contributed by atoms with Crippen LogP contribution in [0.2, 0.25) is 0 Å². The fourth-order valence-electron chi connectivity index (χ4n) is 3.38. The van der Waals surface area contributed by atoms with Gasteiger partial charge in [-0.1, -0.05) is 30.0 Å². The van der Waals surface area contributed by atoms with Gasteiger partial charge in [-0.3, -0.25) is 9.36 Å². The molecular weight excluding hydrogens is 446 g/mol. The fraction of sp³-hybridized carbons (Fsp3) is 0.192. The zero-order chi connectivity index (χ0) is 24.1. The first kappa shape index (κ1) is 23.4. The Bertz CT molecular complexity index is 1240. The number of amides is 1. The van der Waals surface area contributed by atoms with Crippen molar-refractivity contribution in [2.45, 2.75) is 17.3 Å². The average Bonchev–Trinajstić information content (AvgIpc) is 3.28. The molecule has 8 heteroatoms. The Balaban J connectivity index is 1.60. The van der Waals surface area contributed by atoms with E-state index in [1.165, 1.54) is 11.8 Å². The zero-order valence-corrected chi connectivity index (χ0v) is 20.4. The number of para-hydroxylation sites is 1. The van der Waals surface area contributed by atoms with Crippen LogP contribution in [-0.2, 0) is 4.79 Å². The minimum Gasteiger partial charge on any atom is -0.497 e. The van der Waals surface area contributed by atoms with Gasteiger partial charge < -0.3 is 15.0 Å². The van der Waals surface area contributed by atoms with E-state index in [-0.39, 0.29) is 5.91 Å². The van der Waals surface area contributed by atoms with Gasteiger partial charge in [0, 0.05) is 36.7 Å². The van der Waals surface area contributed by atoms with Crippen LogP contribution >= 0.6 is 11.8 Å². The summed E-state index contributed by atoms with van der Waals surface area (Å²) < 4.78 is 7.17. The van der Waals surface area contributed by atoms with E-state index in [4.69, 9.17) is 4.74 Å². The third kappa shape index (κ3) is 5.23. The average molecular weight is 474 g/mol. The maximum Gasteiger partial charge on any atom is 0.237 e. The van der Waals surface area contributed by atoms with Crippen LogP contribution in [0, 0.1) is 0 Å². The van der Waals surface area contributed by atoms with Crippen molar-refractivity contribution in [3.8, 4) is 22.8 Å². The largest absolute Gasteiger partial charge is 0.497 e. The van der Waals surface area contributed by atoms with Crippen molar-refractivity contribution >= 4 is 29.0 Å². The Labute approximate surface area is 203 Å². The number of rotatable bonds is 8. The summed E-state index contributed by atoms with van der Waals surface area (Å²) in [5, 5.41) is 12.1. The molecule has 7 nitrogen and oxygen atoms in total. The molecular formula is C26H27N5O2S. The Morgan fingerprint density at radius 3 is 2.26 bits per heavy atom. The Morgan fingerprint density at radius 1 is 0.971 bits per heavy atom. The minimum atomic E-state index is -0.391. The highest BCUT2D eigenvalue weighted by molar-refractivity contribution is 8.00. The summed E-state index contributed by atoms with van der Waals surface area (Å²) in [7, 11) is 5.63. The molecule has 0 spiro atoms. The third-order valence-electron chi connectivity index (χ3n) is 5.30. The van der Waals surface area contributed by atoms with Gasteiger partial charge in [0.1, 0.15) is 5.75 Å². The summed E-state index contributed by atoms with van der Waals surface area (Å²) >= 11 is 1.37. The number of ether oxygens (including phenoxy) is 1. The summed E-state index contributed by atoms with van der Waals surface area (Å²) in [6, 6.07) is 25.4. The molecule has 0 aliphatic carbocycles. The number of anilines is 2.